The predicted molar refractivity (Wildman–Crippen MR) is 84.5 cm³/mol. The van der Waals surface area contributed by atoms with E-state index in [1.807, 2.05) is 0 Å². The first-order chi connectivity index (χ1) is 11.4. The minimum atomic E-state index is -0.865. The van der Waals surface area contributed by atoms with Crippen LogP contribution >= 0.6 is 0 Å². The molecule has 0 saturated carbocycles. The molecule has 24 heavy (non-hydrogen) atoms. The molecule has 9 nitrogen and oxygen atoms in total. The van der Waals surface area contributed by atoms with E-state index in [9.17, 15) is 24.5 Å². The molecule has 130 valence electrons. The molecule has 0 bridgehead atoms. The molecule has 9 heteroatoms. The molecule has 0 heterocycles. The number of non-ortho nitro benzene ring substituents is 1. The summed E-state index contributed by atoms with van der Waals surface area (Å²) in [7, 11) is 0. The summed E-state index contributed by atoms with van der Waals surface area (Å²) >= 11 is 0. The van der Waals surface area contributed by atoms with Crippen LogP contribution in [-0.4, -0.2) is 40.9 Å². The van der Waals surface area contributed by atoms with Crippen LogP contribution in [0.3, 0.4) is 0 Å². The van der Waals surface area contributed by atoms with Gasteiger partial charge in [0.15, 0.2) is 0 Å². The number of rotatable bonds is 10. The van der Waals surface area contributed by atoms with Crippen molar-refractivity contribution in [3.63, 3.8) is 0 Å². The average molecular weight is 337 g/mol. The summed E-state index contributed by atoms with van der Waals surface area (Å²) in [6.45, 7) is 0.527. The van der Waals surface area contributed by atoms with E-state index in [0.29, 0.717) is 19.4 Å². The molecule has 0 aliphatic rings. The highest BCUT2D eigenvalue weighted by atomic mass is 16.6. The number of unbranched alkanes of at least 4 members (excludes halogenated alkanes) is 1. The minimum Gasteiger partial charge on any atom is -0.481 e. The SMILES string of the molecule is O=C(O)CCCCNC(=O)CCNC(=O)c1ccc([N+](=O)[O-])cc1. The Balaban J connectivity index is 2.21. The Kier molecular flexibility index (Phi) is 7.89. The van der Waals surface area contributed by atoms with Crippen molar-refractivity contribution in [3.05, 3.63) is 39.9 Å². The van der Waals surface area contributed by atoms with Crippen LogP contribution in [-0.2, 0) is 9.59 Å². The van der Waals surface area contributed by atoms with Crippen molar-refractivity contribution in [2.24, 2.45) is 0 Å². The van der Waals surface area contributed by atoms with E-state index >= 15 is 0 Å². The van der Waals surface area contributed by atoms with Crippen LogP contribution in [0.25, 0.3) is 0 Å². The van der Waals surface area contributed by atoms with E-state index in [0.717, 1.165) is 0 Å². The molecule has 0 radical (unpaired) electrons. The van der Waals surface area contributed by atoms with E-state index in [1.54, 1.807) is 0 Å². The largest absolute Gasteiger partial charge is 0.481 e. The molecular formula is C15H19N3O6. The number of carboxylic acids is 1. The lowest BCUT2D eigenvalue weighted by Crippen LogP contribution is -2.31. The maximum Gasteiger partial charge on any atom is 0.303 e. The van der Waals surface area contributed by atoms with E-state index in [2.05, 4.69) is 10.6 Å². The number of carbonyl (C=O) groups excluding carboxylic acids is 2. The summed E-state index contributed by atoms with van der Waals surface area (Å²) in [5.74, 6) is -1.52. The second kappa shape index (κ2) is 9.93. The Bertz CT molecular complexity index is 600. The number of carboxylic acid groups (broad SMARTS) is 1. The van der Waals surface area contributed by atoms with Crippen LogP contribution in [0.4, 0.5) is 5.69 Å². The first-order valence-corrected chi connectivity index (χ1v) is 7.41. The van der Waals surface area contributed by atoms with Crippen LogP contribution in [0.1, 0.15) is 36.0 Å². The number of nitrogens with zero attached hydrogens (tertiary/aromatic N) is 1. The highest BCUT2D eigenvalue weighted by molar-refractivity contribution is 5.94. The van der Waals surface area contributed by atoms with Gasteiger partial charge in [-0.3, -0.25) is 24.5 Å². The third-order valence-corrected chi connectivity index (χ3v) is 3.12. The van der Waals surface area contributed by atoms with Crippen molar-refractivity contribution in [1.29, 1.82) is 0 Å². The monoisotopic (exact) mass is 337 g/mol. The molecule has 2 amide bonds. The second-order valence-electron chi connectivity index (χ2n) is 5.01. The zero-order valence-corrected chi connectivity index (χ0v) is 13.0. The Morgan fingerprint density at radius 2 is 1.67 bits per heavy atom. The Morgan fingerprint density at radius 3 is 2.25 bits per heavy atom. The number of carbonyl (C=O) groups is 3. The molecule has 1 rings (SSSR count). The third-order valence-electron chi connectivity index (χ3n) is 3.12. The number of nitrogens with one attached hydrogen (secondary N) is 2. The van der Waals surface area contributed by atoms with Gasteiger partial charge in [-0.05, 0) is 25.0 Å². The van der Waals surface area contributed by atoms with E-state index in [1.165, 1.54) is 24.3 Å². The van der Waals surface area contributed by atoms with E-state index in [-0.39, 0.29) is 36.5 Å². The lowest BCUT2D eigenvalue weighted by atomic mass is 10.2. The molecule has 0 saturated heterocycles. The summed E-state index contributed by atoms with van der Waals surface area (Å²) in [5, 5.41) is 24.2. The number of amides is 2. The van der Waals surface area contributed by atoms with Gasteiger partial charge in [-0.2, -0.15) is 0 Å². The zero-order valence-electron chi connectivity index (χ0n) is 13.0. The Labute approximate surface area is 138 Å². The summed E-state index contributed by atoms with van der Waals surface area (Å²) in [6, 6.07) is 5.16. The maximum absolute atomic E-state index is 11.8. The highest BCUT2D eigenvalue weighted by Gasteiger charge is 2.09. The normalized spacial score (nSPS) is 10.0. The molecule has 0 spiro atoms. The number of aliphatic carboxylic acids is 1. The number of hydrogen-bond donors (Lipinski definition) is 3. The van der Waals surface area contributed by atoms with Crippen molar-refractivity contribution >= 4 is 23.5 Å². The van der Waals surface area contributed by atoms with Gasteiger partial charge in [-0.15, -0.1) is 0 Å². The fourth-order valence-electron chi connectivity index (χ4n) is 1.84. The van der Waals surface area contributed by atoms with E-state index < -0.39 is 16.8 Å². The van der Waals surface area contributed by atoms with Gasteiger partial charge in [0.2, 0.25) is 5.91 Å². The summed E-state index contributed by atoms with van der Waals surface area (Å²) in [6.07, 6.45) is 1.23. The van der Waals surface area contributed by atoms with Gasteiger partial charge in [0.25, 0.3) is 11.6 Å². The van der Waals surface area contributed by atoms with Gasteiger partial charge in [-0.1, -0.05) is 0 Å². The zero-order chi connectivity index (χ0) is 17.9. The van der Waals surface area contributed by atoms with Crippen molar-refractivity contribution in [1.82, 2.24) is 10.6 Å². The van der Waals surface area contributed by atoms with Crippen LogP contribution in [0.5, 0.6) is 0 Å². The predicted octanol–water partition coefficient (Wildman–Crippen LogP) is 1.09. The number of nitro groups is 1. The molecular weight excluding hydrogens is 318 g/mol. The lowest BCUT2D eigenvalue weighted by Gasteiger charge is -2.06. The molecule has 3 N–H and O–H groups in total. The van der Waals surface area contributed by atoms with Crippen molar-refractivity contribution < 1.29 is 24.4 Å². The fourth-order valence-corrected chi connectivity index (χ4v) is 1.84. The molecule has 0 unspecified atom stereocenters. The van der Waals surface area contributed by atoms with Crippen LogP contribution < -0.4 is 10.6 Å². The van der Waals surface area contributed by atoms with Gasteiger partial charge < -0.3 is 15.7 Å². The minimum absolute atomic E-state index is 0.0706. The number of benzene rings is 1. The van der Waals surface area contributed by atoms with Gasteiger partial charge in [0, 0.05) is 43.6 Å². The first-order valence-electron chi connectivity index (χ1n) is 7.41. The van der Waals surface area contributed by atoms with Crippen LogP contribution in [0.2, 0.25) is 0 Å². The molecule has 1 aromatic rings. The van der Waals surface area contributed by atoms with Gasteiger partial charge in [0.1, 0.15) is 0 Å². The summed E-state index contributed by atoms with van der Waals surface area (Å²) < 4.78 is 0. The highest BCUT2D eigenvalue weighted by Crippen LogP contribution is 2.11. The average Bonchev–Trinajstić information content (AvgIpc) is 2.54. The smallest absolute Gasteiger partial charge is 0.303 e. The lowest BCUT2D eigenvalue weighted by molar-refractivity contribution is -0.384. The van der Waals surface area contributed by atoms with Crippen LogP contribution in [0, 0.1) is 10.1 Å². The third kappa shape index (κ3) is 7.34. The summed E-state index contributed by atoms with van der Waals surface area (Å²) in [4.78, 5) is 43.6. The first kappa shape index (κ1) is 19.1. The van der Waals surface area contributed by atoms with Crippen LogP contribution in [0.15, 0.2) is 24.3 Å². The molecule has 0 fully saturated rings. The quantitative estimate of drug-likeness (QED) is 0.332. The maximum atomic E-state index is 11.8. The van der Waals surface area contributed by atoms with Crippen molar-refractivity contribution in [2.45, 2.75) is 25.7 Å². The van der Waals surface area contributed by atoms with Crippen molar-refractivity contribution in [2.75, 3.05) is 13.1 Å². The molecule has 0 atom stereocenters. The standard InChI is InChI=1S/C15H19N3O6/c19-13(16-9-2-1-3-14(20)21)8-10-17-15(22)11-4-6-12(7-5-11)18(23)24/h4-7H,1-3,8-10H2,(H,16,19)(H,17,22)(H,20,21). The van der Waals surface area contributed by atoms with Gasteiger partial charge >= 0.3 is 5.97 Å². The molecule has 0 aromatic heterocycles. The molecule has 1 aromatic carbocycles. The molecule has 0 aliphatic carbocycles. The topological polar surface area (TPSA) is 139 Å². The van der Waals surface area contributed by atoms with E-state index in [4.69, 9.17) is 5.11 Å². The Hall–Kier alpha value is -2.97. The number of nitro benzene ring substituents is 1. The fraction of sp³-hybridized carbons (Fsp3) is 0.400. The second-order valence-corrected chi connectivity index (χ2v) is 5.01. The molecule has 0 aliphatic heterocycles. The summed E-state index contributed by atoms with van der Waals surface area (Å²) in [5.41, 5.74) is 0.170. The van der Waals surface area contributed by atoms with Crippen molar-refractivity contribution in [3.8, 4) is 0 Å². The van der Waals surface area contributed by atoms with Gasteiger partial charge in [-0.25, -0.2) is 0 Å². The van der Waals surface area contributed by atoms with Gasteiger partial charge in [0.05, 0.1) is 4.92 Å². The Morgan fingerprint density at radius 1 is 1.00 bits per heavy atom. The number of hydrogen-bond acceptors (Lipinski definition) is 5.